The van der Waals surface area contributed by atoms with Gasteiger partial charge in [-0.1, -0.05) is 20.8 Å². The zero-order chi connectivity index (χ0) is 20.3. The summed E-state index contributed by atoms with van der Waals surface area (Å²) in [7, 11) is 0. The first-order valence-corrected chi connectivity index (χ1v) is 11.7. The van der Waals surface area contributed by atoms with Crippen molar-refractivity contribution in [3.05, 3.63) is 0 Å². The third-order valence-corrected chi connectivity index (χ3v) is 10.2. The van der Waals surface area contributed by atoms with E-state index in [-0.39, 0.29) is 29.5 Å². The molecule has 0 radical (unpaired) electrons. The molecule has 10 atom stereocenters. The van der Waals surface area contributed by atoms with Crippen LogP contribution in [0.3, 0.4) is 0 Å². The Kier molecular flexibility index (Phi) is 5.36. The first-order valence-electron chi connectivity index (χ1n) is 11.7. The van der Waals surface area contributed by atoms with Gasteiger partial charge in [0.2, 0.25) is 0 Å². The van der Waals surface area contributed by atoms with Gasteiger partial charge >= 0.3 is 5.97 Å². The maximum absolute atomic E-state index is 11.2. The number of rotatable bonds is 4. The zero-order valence-corrected chi connectivity index (χ0v) is 17.9. The summed E-state index contributed by atoms with van der Waals surface area (Å²) in [5, 5.41) is 30.5. The van der Waals surface area contributed by atoms with Crippen LogP contribution in [0, 0.1) is 46.3 Å². The number of hydrogen-bond acceptors (Lipinski definition) is 3. The Hall–Kier alpha value is -0.610. The van der Waals surface area contributed by atoms with Crippen molar-refractivity contribution in [3.8, 4) is 0 Å². The third-order valence-electron chi connectivity index (χ3n) is 10.2. The Labute approximate surface area is 170 Å². The second-order valence-corrected chi connectivity index (χ2v) is 11.4. The number of fused-ring (bicyclic) bond motifs is 5. The quantitative estimate of drug-likeness (QED) is 0.659. The second-order valence-electron chi connectivity index (χ2n) is 11.4. The van der Waals surface area contributed by atoms with Gasteiger partial charge in [-0.2, -0.15) is 0 Å². The Morgan fingerprint density at radius 2 is 1.68 bits per heavy atom. The molecule has 4 rings (SSSR count). The molecular weight excluding hydrogens is 352 g/mol. The van der Waals surface area contributed by atoms with Crippen LogP contribution in [0.5, 0.6) is 0 Å². The summed E-state index contributed by atoms with van der Waals surface area (Å²) in [5.41, 5.74) is 0.523. The molecule has 0 heterocycles. The van der Waals surface area contributed by atoms with Gasteiger partial charge in [-0.3, -0.25) is 4.79 Å². The van der Waals surface area contributed by atoms with Gasteiger partial charge in [0.25, 0.3) is 0 Å². The van der Waals surface area contributed by atoms with Crippen molar-refractivity contribution in [1.29, 1.82) is 0 Å². The molecule has 4 nitrogen and oxygen atoms in total. The predicted molar refractivity (Wildman–Crippen MR) is 109 cm³/mol. The SMILES string of the molecule is C[C@H](CCC(=O)O)[C@H]1CC[C@H]2C3[C@@H](O)CC4C[C@@H](O)CC[C@]4(C)[C@H]3CC[C@]12C. The zero-order valence-electron chi connectivity index (χ0n) is 17.9. The van der Waals surface area contributed by atoms with E-state index in [1.54, 1.807) is 0 Å². The molecule has 0 spiro atoms. The van der Waals surface area contributed by atoms with Crippen molar-refractivity contribution in [2.45, 2.75) is 97.2 Å². The highest BCUT2D eigenvalue weighted by Gasteiger charge is 2.62. The summed E-state index contributed by atoms with van der Waals surface area (Å²) in [6, 6.07) is 0. The lowest BCUT2D eigenvalue weighted by molar-refractivity contribution is -0.174. The molecule has 0 bridgehead atoms. The Morgan fingerprint density at radius 1 is 1.00 bits per heavy atom. The maximum atomic E-state index is 11.2. The Morgan fingerprint density at radius 3 is 2.39 bits per heavy atom. The minimum atomic E-state index is -0.684. The van der Waals surface area contributed by atoms with Crippen LogP contribution in [0.25, 0.3) is 0 Å². The van der Waals surface area contributed by atoms with Gasteiger partial charge in [0, 0.05) is 6.42 Å². The molecule has 4 heteroatoms. The van der Waals surface area contributed by atoms with Crippen LogP contribution in [0.15, 0.2) is 0 Å². The Bertz CT molecular complexity index is 605. The van der Waals surface area contributed by atoms with E-state index < -0.39 is 5.97 Å². The van der Waals surface area contributed by atoms with Crippen molar-refractivity contribution in [2.75, 3.05) is 0 Å². The molecule has 28 heavy (non-hydrogen) atoms. The number of carboxylic acid groups (broad SMARTS) is 1. The monoisotopic (exact) mass is 392 g/mol. The topological polar surface area (TPSA) is 77.8 Å². The normalized spacial score (nSPS) is 51.7. The molecule has 0 aromatic heterocycles. The fourth-order valence-corrected chi connectivity index (χ4v) is 8.73. The predicted octanol–water partition coefficient (Wildman–Crippen LogP) is 4.48. The minimum Gasteiger partial charge on any atom is -0.481 e. The van der Waals surface area contributed by atoms with Gasteiger partial charge in [-0.15, -0.1) is 0 Å². The number of hydrogen-bond donors (Lipinski definition) is 3. The van der Waals surface area contributed by atoms with Gasteiger partial charge in [-0.05, 0) is 104 Å². The minimum absolute atomic E-state index is 0.179. The molecule has 0 amide bonds. The molecule has 4 saturated carbocycles. The summed E-state index contributed by atoms with van der Waals surface area (Å²) < 4.78 is 0. The van der Waals surface area contributed by atoms with E-state index in [9.17, 15) is 15.0 Å². The lowest BCUT2D eigenvalue weighted by Gasteiger charge is -2.62. The van der Waals surface area contributed by atoms with E-state index in [0.29, 0.717) is 35.5 Å². The molecule has 4 aliphatic carbocycles. The summed E-state index contributed by atoms with van der Waals surface area (Å²) in [4.78, 5) is 11.1. The average Bonchev–Trinajstić information content (AvgIpc) is 2.98. The number of carbonyl (C=O) groups is 1. The summed E-state index contributed by atoms with van der Waals surface area (Å²) in [5.74, 6) is 2.36. The van der Waals surface area contributed by atoms with Crippen molar-refractivity contribution in [2.24, 2.45) is 46.3 Å². The number of aliphatic hydroxyl groups is 2. The number of aliphatic hydroxyl groups excluding tert-OH is 2. The molecule has 0 saturated heterocycles. The van der Waals surface area contributed by atoms with Crippen LogP contribution in [-0.4, -0.2) is 33.5 Å². The van der Waals surface area contributed by atoms with Gasteiger partial charge in [-0.25, -0.2) is 0 Å². The first-order chi connectivity index (χ1) is 13.2. The lowest BCUT2D eigenvalue weighted by atomic mass is 9.43. The van der Waals surface area contributed by atoms with Crippen LogP contribution in [-0.2, 0) is 4.79 Å². The fraction of sp³-hybridized carbons (Fsp3) is 0.958. The molecule has 2 unspecified atom stereocenters. The van der Waals surface area contributed by atoms with Gasteiger partial charge in [0.1, 0.15) is 0 Å². The summed E-state index contributed by atoms with van der Waals surface area (Å²) in [6.45, 7) is 7.16. The summed E-state index contributed by atoms with van der Waals surface area (Å²) >= 11 is 0. The van der Waals surface area contributed by atoms with Gasteiger partial charge in [0.15, 0.2) is 0 Å². The highest BCUT2D eigenvalue weighted by atomic mass is 16.4. The largest absolute Gasteiger partial charge is 0.481 e. The molecule has 0 aromatic carbocycles. The number of aliphatic carboxylic acids is 1. The van der Waals surface area contributed by atoms with Crippen molar-refractivity contribution in [3.63, 3.8) is 0 Å². The molecule has 4 aliphatic rings. The molecule has 3 N–H and O–H groups in total. The molecule has 160 valence electrons. The standard InChI is InChI=1S/C24H40O4/c1-14(4-7-21(27)28)17-5-6-18-22-19(9-11-24(17,18)3)23(2)10-8-16(25)12-15(23)13-20(22)26/h14-20,22,25-26H,4-13H2,1-3H3,(H,27,28)/t14-,15?,16+,17-,18+,19+,20+,22?,23+,24-/m1/s1. The van der Waals surface area contributed by atoms with E-state index >= 15 is 0 Å². The summed E-state index contributed by atoms with van der Waals surface area (Å²) in [6.07, 6.45) is 9.19. The third kappa shape index (κ3) is 3.14. The maximum Gasteiger partial charge on any atom is 0.303 e. The average molecular weight is 393 g/mol. The van der Waals surface area contributed by atoms with E-state index in [2.05, 4.69) is 20.8 Å². The van der Waals surface area contributed by atoms with E-state index in [1.165, 1.54) is 25.7 Å². The lowest BCUT2D eigenvalue weighted by Crippen LogP contribution is -2.58. The van der Waals surface area contributed by atoms with Crippen LogP contribution in [0.2, 0.25) is 0 Å². The van der Waals surface area contributed by atoms with Crippen LogP contribution in [0.4, 0.5) is 0 Å². The van der Waals surface area contributed by atoms with Crippen molar-refractivity contribution < 1.29 is 20.1 Å². The molecular formula is C24H40O4. The molecule has 0 aromatic rings. The van der Waals surface area contributed by atoms with Gasteiger partial charge < -0.3 is 15.3 Å². The van der Waals surface area contributed by atoms with Crippen LogP contribution >= 0.6 is 0 Å². The van der Waals surface area contributed by atoms with Gasteiger partial charge in [0.05, 0.1) is 12.2 Å². The van der Waals surface area contributed by atoms with Crippen molar-refractivity contribution >= 4 is 5.97 Å². The fourth-order valence-electron chi connectivity index (χ4n) is 8.73. The van der Waals surface area contributed by atoms with E-state index in [0.717, 1.165) is 32.1 Å². The van der Waals surface area contributed by atoms with E-state index in [1.807, 2.05) is 0 Å². The van der Waals surface area contributed by atoms with Crippen LogP contribution < -0.4 is 0 Å². The number of carboxylic acids is 1. The highest BCUT2D eigenvalue weighted by molar-refractivity contribution is 5.66. The van der Waals surface area contributed by atoms with Crippen molar-refractivity contribution in [1.82, 2.24) is 0 Å². The first kappa shape index (κ1) is 20.7. The smallest absolute Gasteiger partial charge is 0.303 e. The second kappa shape index (κ2) is 7.27. The van der Waals surface area contributed by atoms with Crippen LogP contribution in [0.1, 0.15) is 85.0 Å². The molecule has 4 fully saturated rings. The Balaban J connectivity index is 1.55. The van der Waals surface area contributed by atoms with E-state index in [4.69, 9.17) is 5.11 Å². The molecule has 0 aliphatic heterocycles. The highest BCUT2D eigenvalue weighted by Crippen LogP contribution is 2.68.